The predicted octanol–water partition coefficient (Wildman–Crippen LogP) is 3.52. The lowest BCUT2D eigenvalue weighted by Crippen LogP contribution is -2.24. The second kappa shape index (κ2) is 7.10. The Hall–Kier alpha value is -1.81. The lowest BCUT2D eigenvalue weighted by Gasteiger charge is -2.07. The van der Waals surface area contributed by atoms with Crippen LogP contribution in [0.3, 0.4) is 0 Å². The van der Waals surface area contributed by atoms with Crippen LogP contribution in [0.1, 0.15) is 22.3 Å². The summed E-state index contributed by atoms with van der Waals surface area (Å²) in [5.74, 6) is -0.261. The highest BCUT2D eigenvalue weighted by Gasteiger charge is 2.10. The number of nitrogens with one attached hydrogen (secondary N) is 1. The van der Waals surface area contributed by atoms with Gasteiger partial charge in [0.15, 0.2) is 0 Å². The van der Waals surface area contributed by atoms with Crippen LogP contribution in [0.2, 0.25) is 0 Å². The lowest BCUT2D eigenvalue weighted by atomic mass is 10.1. The molecule has 0 spiro atoms. The number of hydrogen-bond donors (Lipinski definition) is 2. The minimum Gasteiger partial charge on any atom is -0.507 e. The first-order chi connectivity index (χ1) is 9.66. The van der Waals surface area contributed by atoms with Gasteiger partial charge in [-0.25, -0.2) is 0 Å². The van der Waals surface area contributed by atoms with Crippen molar-refractivity contribution >= 4 is 21.8 Å². The van der Waals surface area contributed by atoms with Crippen molar-refractivity contribution in [3.05, 3.63) is 64.1 Å². The molecule has 0 radical (unpaired) electrons. The van der Waals surface area contributed by atoms with Crippen LogP contribution < -0.4 is 5.32 Å². The predicted molar refractivity (Wildman–Crippen MR) is 82.9 cm³/mol. The Labute approximate surface area is 126 Å². The van der Waals surface area contributed by atoms with E-state index >= 15 is 0 Å². The standard InChI is InChI=1S/C16H16BrNO2/c17-13-8-9-14(15(19)11-13)16(20)18-10-4-7-12-5-2-1-3-6-12/h1-3,5-6,8-9,11,19H,4,7,10H2,(H,18,20). The maximum atomic E-state index is 11.9. The number of phenols is 1. The van der Waals surface area contributed by atoms with Crippen molar-refractivity contribution in [3.8, 4) is 5.75 Å². The molecule has 0 aliphatic heterocycles. The molecule has 0 atom stereocenters. The highest BCUT2D eigenvalue weighted by atomic mass is 79.9. The van der Waals surface area contributed by atoms with Gasteiger partial charge in [0.25, 0.3) is 5.91 Å². The summed E-state index contributed by atoms with van der Waals surface area (Å²) in [5, 5.41) is 12.5. The van der Waals surface area contributed by atoms with Gasteiger partial charge in [-0.05, 0) is 36.6 Å². The third-order valence-electron chi connectivity index (χ3n) is 2.98. The van der Waals surface area contributed by atoms with Crippen molar-refractivity contribution in [2.75, 3.05) is 6.54 Å². The fourth-order valence-electron chi connectivity index (χ4n) is 1.93. The molecule has 1 amide bonds. The number of amides is 1. The third kappa shape index (κ3) is 4.10. The lowest BCUT2D eigenvalue weighted by molar-refractivity contribution is 0.0950. The number of carbonyl (C=O) groups excluding carboxylic acids is 1. The number of benzene rings is 2. The van der Waals surface area contributed by atoms with Gasteiger partial charge in [-0.3, -0.25) is 4.79 Å². The summed E-state index contributed by atoms with van der Waals surface area (Å²) in [6, 6.07) is 15.0. The first-order valence-corrected chi connectivity index (χ1v) is 7.27. The molecule has 0 saturated heterocycles. The van der Waals surface area contributed by atoms with E-state index in [0.717, 1.165) is 17.3 Å². The van der Waals surface area contributed by atoms with Gasteiger partial charge in [-0.2, -0.15) is 0 Å². The Balaban J connectivity index is 1.80. The molecule has 4 heteroatoms. The van der Waals surface area contributed by atoms with Gasteiger partial charge in [0, 0.05) is 11.0 Å². The zero-order chi connectivity index (χ0) is 14.4. The van der Waals surface area contributed by atoms with E-state index in [1.807, 2.05) is 18.2 Å². The highest BCUT2D eigenvalue weighted by Crippen LogP contribution is 2.22. The van der Waals surface area contributed by atoms with E-state index in [1.165, 1.54) is 11.6 Å². The average Bonchev–Trinajstić information content (AvgIpc) is 2.44. The third-order valence-corrected chi connectivity index (χ3v) is 3.47. The van der Waals surface area contributed by atoms with Gasteiger partial charge >= 0.3 is 0 Å². The van der Waals surface area contributed by atoms with Crippen LogP contribution in [0.15, 0.2) is 53.0 Å². The molecule has 0 saturated carbocycles. The average molecular weight is 334 g/mol. The monoisotopic (exact) mass is 333 g/mol. The number of aromatic hydroxyl groups is 1. The van der Waals surface area contributed by atoms with Crippen LogP contribution in [-0.4, -0.2) is 17.6 Å². The molecular formula is C16H16BrNO2. The second-order valence-corrected chi connectivity index (χ2v) is 5.42. The Morgan fingerprint density at radius 3 is 2.60 bits per heavy atom. The van der Waals surface area contributed by atoms with Crippen LogP contribution in [0.5, 0.6) is 5.75 Å². The van der Waals surface area contributed by atoms with Gasteiger partial charge in [0.1, 0.15) is 5.75 Å². The van der Waals surface area contributed by atoms with Crippen LogP contribution in [0, 0.1) is 0 Å². The van der Waals surface area contributed by atoms with E-state index in [-0.39, 0.29) is 11.7 Å². The normalized spacial score (nSPS) is 10.2. The molecule has 0 heterocycles. The number of rotatable bonds is 5. The Morgan fingerprint density at radius 2 is 1.90 bits per heavy atom. The Kier molecular flexibility index (Phi) is 5.18. The number of halogens is 1. The molecule has 3 nitrogen and oxygen atoms in total. The minimum absolute atomic E-state index is 0.0139. The zero-order valence-electron chi connectivity index (χ0n) is 11.0. The molecular weight excluding hydrogens is 318 g/mol. The van der Waals surface area contributed by atoms with Crippen molar-refractivity contribution < 1.29 is 9.90 Å². The van der Waals surface area contributed by atoms with Gasteiger partial charge in [0.2, 0.25) is 0 Å². The topological polar surface area (TPSA) is 49.3 Å². The number of hydrogen-bond acceptors (Lipinski definition) is 2. The SMILES string of the molecule is O=C(NCCCc1ccccc1)c1ccc(Br)cc1O. The summed E-state index contributed by atoms with van der Waals surface area (Å²) in [4.78, 5) is 11.9. The summed E-state index contributed by atoms with van der Waals surface area (Å²) in [5.41, 5.74) is 1.56. The first-order valence-electron chi connectivity index (χ1n) is 6.47. The van der Waals surface area contributed by atoms with Crippen molar-refractivity contribution in [2.45, 2.75) is 12.8 Å². The number of carbonyl (C=O) groups is 1. The molecule has 0 aromatic heterocycles. The van der Waals surface area contributed by atoms with Gasteiger partial charge < -0.3 is 10.4 Å². The minimum atomic E-state index is -0.247. The molecule has 20 heavy (non-hydrogen) atoms. The molecule has 0 fully saturated rings. The van der Waals surface area contributed by atoms with E-state index in [0.29, 0.717) is 12.1 Å². The molecule has 0 aliphatic rings. The van der Waals surface area contributed by atoms with E-state index in [1.54, 1.807) is 12.1 Å². The molecule has 2 rings (SSSR count). The number of aryl methyl sites for hydroxylation is 1. The number of phenolic OH excluding ortho intramolecular Hbond substituents is 1. The molecule has 2 aromatic rings. The Bertz CT molecular complexity index is 584. The molecule has 0 unspecified atom stereocenters. The molecule has 2 aromatic carbocycles. The van der Waals surface area contributed by atoms with Crippen LogP contribution >= 0.6 is 15.9 Å². The van der Waals surface area contributed by atoms with E-state index in [4.69, 9.17) is 0 Å². The first kappa shape index (κ1) is 14.6. The molecule has 0 aliphatic carbocycles. The van der Waals surface area contributed by atoms with Crippen molar-refractivity contribution in [3.63, 3.8) is 0 Å². The zero-order valence-corrected chi connectivity index (χ0v) is 12.6. The Morgan fingerprint density at radius 1 is 1.15 bits per heavy atom. The van der Waals surface area contributed by atoms with Crippen LogP contribution in [-0.2, 0) is 6.42 Å². The van der Waals surface area contributed by atoms with E-state index in [9.17, 15) is 9.90 Å². The van der Waals surface area contributed by atoms with Crippen LogP contribution in [0.25, 0.3) is 0 Å². The van der Waals surface area contributed by atoms with Gasteiger partial charge in [0.05, 0.1) is 5.56 Å². The van der Waals surface area contributed by atoms with E-state index in [2.05, 4.69) is 33.4 Å². The molecule has 104 valence electrons. The molecule has 0 bridgehead atoms. The maximum Gasteiger partial charge on any atom is 0.255 e. The summed E-state index contributed by atoms with van der Waals surface area (Å²) in [6.07, 6.45) is 1.79. The largest absolute Gasteiger partial charge is 0.507 e. The summed E-state index contributed by atoms with van der Waals surface area (Å²) < 4.78 is 0.746. The maximum absolute atomic E-state index is 11.9. The van der Waals surface area contributed by atoms with Crippen LogP contribution in [0.4, 0.5) is 0 Å². The quantitative estimate of drug-likeness (QED) is 0.822. The van der Waals surface area contributed by atoms with Gasteiger partial charge in [-0.15, -0.1) is 0 Å². The second-order valence-electron chi connectivity index (χ2n) is 4.51. The summed E-state index contributed by atoms with van der Waals surface area (Å²) >= 11 is 3.24. The van der Waals surface area contributed by atoms with E-state index < -0.39 is 0 Å². The van der Waals surface area contributed by atoms with Gasteiger partial charge in [-0.1, -0.05) is 46.3 Å². The smallest absolute Gasteiger partial charge is 0.255 e. The fraction of sp³-hybridized carbons (Fsp3) is 0.188. The summed E-state index contributed by atoms with van der Waals surface area (Å²) in [6.45, 7) is 0.587. The van der Waals surface area contributed by atoms with Crippen molar-refractivity contribution in [1.29, 1.82) is 0 Å². The van der Waals surface area contributed by atoms with Crippen molar-refractivity contribution in [1.82, 2.24) is 5.32 Å². The summed E-state index contributed by atoms with van der Waals surface area (Å²) in [7, 11) is 0. The highest BCUT2D eigenvalue weighted by molar-refractivity contribution is 9.10. The molecule has 2 N–H and O–H groups in total. The van der Waals surface area contributed by atoms with Crippen molar-refractivity contribution in [2.24, 2.45) is 0 Å². The fourth-order valence-corrected chi connectivity index (χ4v) is 2.28.